The summed E-state index contributed by atoms with van der Waals surface area (Å²) < 4.78 is 7.45. The highest BCUT2D eigenvalue weighted by Gasteiger charge is 2.73. The number of piperidine rings is 1. The molecule has 1 spiro atoms. The number of rotatable bonds is 0. The number of aliphatic hydroxyl groups is 2. The Morgan fingerprint density at radius 2 is 2.00 bits per heavy atom. The van der Waals surface area contributed by atoms with Gasteiger partial charge in [0, 0.05) is 24.2 Å². The third-order valence-electron chi connectivity index (χ3n) is 7.95. The zero-order valence-electron chi connectivity index (χ0n) is 13.6. The van der Waals surface area contributed by atoms with Gasteiger partial charge in [0.1, 0.15) is 0 Å². The van der Waals surface area contributed by atoms with Crippen LogP contribution >= 0.6 is 0 Å². The van der Waals surface area contributed by atoms with Gasteiger partial charge in [0.15, 0.2) is 0 Å². The predicted molar refractivity (Wildman–Crippen MR) is 81.9 cm³/mol. The molecule has 2 N–H and O–H groups in total. The van der Waals surface area contributed by atoms with E-state index in [1.807, 2.05) is 6.08 Å². The van der Waals surface area contributed by atoms with Gasteiger partial charge in [0.05, 0.1) is 51.1 Å². The molecular formula is C18H28NO3+. The van der Waals surface area contributed by atoms with Crippen LogP contribution in [0, 0.1) is 23.2 Å². The van der Waals surface area contributed by atoms with E-state index >= 15 is 0 Å². The van der Waals surface area contributed by atoms with E-state index in [0.717, 1.165) is 30.3 Å². The van der Waals surface area contributed by atoms with E-state index < -0.39 is 6.10 Å². The number of likely N-dealkylation sites (tertiary alicyclic amines) is 1. The summed E-state index contributed by atoms with van der Waals surface area (Å²) in [4.78, 5) is 0. The lowest BCUT2D eigenvalue weighted by Gasteiger charge is -2.63. The van der Waals surface area contributed by atoms with Crippen LogP contribution in [-0.4, -0.2) is 65.8 Å². The number of aliphatic hydroxyl groups excluding tert-OH is 2. The number of hydrogen-bond acceptors (Lipinski definition) is 3. The van der Waals surface area contributed by atoms with Crippen LogP contribution in [0.5, 0.6) is 0 Å². The van der Waals surface area contributed by atoms with Crippen LogP contribution in [0.1, 0.15) is 25.7 Å². The maximum absolute atomic E-state index is 10.6. The summed E-state index contributed by atoms with van der Waals surface area (Å²) in [5, 5.41) is 21.1. The Morgan fingerprint density at radius 3 is 2.82 bits per heavy atom. The maximum atomic E-state index is 10.6. The van der Waals surface area contributed by atoms with Gasteiger partial charge in [-0.25, -0.2) is 0 Å². The van der Waals surface area contributed by atoms with Gasteiger partial charge in [0.2, 0.25) is 0 Å². The second-order valence-electron chi connectivity index (χ2n) is 9.02. The Morgan fingerprint density at radius 1 is 1.18 bits per heavy atom. The minimum Gasteiger partial charge on any atom is -0.390 e. The smallest absolute Gasteiger partial charge is 0.0988 e. The van der Waals surface area contributed by atoms with Crippen molar-refractivity contribution in [3.05, 3.63) is 12.2 Å². The number of quaternary nitrogens is 1. The molecule has 9 atom stereocenters. The third kappa shape index (κ3) is 1.44. The molecule has 2 aliphatic heterocycles. The second-order valence-corrected chi connectivity index (χ2v) is 9.02. The molecule has 4 heteroatoms. The highest BCUT2D eigenvalue weighted by molar-refractivity contribution is 5.25. The van der Waals surface area contributed by atoms with Crippen molar-refractivity contribution >= 4 is 0 Å². The Kier molecular flexibility index (Phi) is 2.64. The Labute approximate surface area is 132 Å². The van der Waals surface area contributed by atoms with Crippen LogP contribution < -0.4 is 0 Å². The topological polar surface area (TPSA) is 49.7 Å². The van der Waals surface area contributed by atoms with Crippen molar-refractivity contribution in [2.24, 2.45) is 23.2 Å². The van der Waals surface area contributed by atoms with Gasteiger partial charge >= 0.3 is 0 Å². The largest absolute Gasteiger partial charge is 0.390 e. The van der Waals surface area contributed by atoms with Gasteiger partial charge < -0.3 is 19.4 Å². The average Bonchev–Trinajstić information content (AvgIpc) is 2.84. The van der Waals surface area contributed by atoms with Gasteiger partial charge in [-0.05, 0) is 24.7 Å². The number of hydrogen-bond donors (Lipinski definition) is 2. The first kappa shape index (κ1) is 14.0. The molecule has 2 saturated heterocycles. The van der Waals surface area contributed by atoms with E-state index in [-0.39, 0.29) is 23.7 Å². The van der Waals surface area contributed by atoms with Crippen LogP contribution in [-0.2, 0) is 4.74 Å². The molecule has 0 aromatic rings. The molecule has 22 heavy (non-hydrogen) atoms. The fourth-order valence-corrected chi connectivity index (χ4v) is 7.02. The molecule has 2 bridgehead atoms. The monoisotopic (exact) mass is 306 g/mol. The summed E-state index contributed by atoms with van der Waals surface area (Å²) in [6.07, 6.45) is 7.65. The highest BCUT2D eigenvalue weighted by Crippen LogP contribution is 2.67. The zero-order valence-corrected chi connectivity index (χ0v) is 13.6. The van der Waals surface area contributed by atoms with E-state index in [2.05, 4.69) is 20.2 Å². The zero-order chi connectivity index (χ0) is 15.3. The molecule has 3 aliphatic carbocycles. The molecule has 9 unspecified atom stereocenters. The van der Waals surface area contributed by atoms with Crippen molar-refractivity contribution in [1.29, 1.82) is 0 Å². The quantitative estimate of drug-likeness (QED) is 0.517. The van der Waals surface area contributed by atoms with Crippen LogP contribution in [0.15, 0.2) is 12.2 Å². The first-order valence-electron chi connectivity index (χ1n) is 8.98. The predicted octanol–water partition coefficient (Wildman–Crippen LogP) is 0.927. The maximum Gasteiger partial charge on any atom is 0.0988 e. The van der Waals surface area contributed by atoms with Crippen molar-refractivity contribution in [3.8, 4) is 0 Å². The van der Waals surface area contributed by atoms with E-state index in [0.29, 0.717) is 23.8 Å². The van der Waals surface area contributed by atoms with Gasteiger partial charge in [-0.15, -0.1) is 0 Å². The highest BCUT2D eigenvalue weighted by atomic mass is 16.5. The van der Waals surface area contributed by atoms with Crippen molar-refractivity contribution in [2.75, 3.05) is 20.6 Å². The lowest BCUT2D eigenvalue weighted by molar-refractivity contribution is -0.929. The summed E-state index contributed by atoms with van der Waals surface area (Å²) in [6.45, 7) is 1.16. The lowest BCUT2D eigenvalue weighted by Crippen LogP contribution is -2.71. The van der Waals surface area contributed by atoms with Crippen LogP contribution in [0.3, 0.4) is 0 Å². The Bertz CT molecular complexity index is 532. The lowest BCUT2D eigenvalue weighted by atomic mass is 9.45. The summed E-state index contributed by atoms with van der Waals surface area (Å²) >= 11 is 0. The molecule has 2 saturated carbocycles. The van der Waals surface area contributed by atoms with Gasteiger partial charge in [-0.3, -0.25) is 0 Å². The molecule has 4 fully saturated rings. The normalized spacial score (nSPS) is 60.9. The summed E-state index contributed by atoms with van der Waals surface area (Å²) in [5.41, 5.74) is 0.0710. The molecule has 122 valence electrons. The minimum atomic E-state index is -0.498. The van der Waals surface area contributed by atoms with Crippen molar-refractivity contribution in [1.82, 2.24) is 0 Å². The summed E-state index contributed by atoms with van der Waals surface area (Å²) in [6, 6.07) is 0.638. The van der Waals surface area contributed by atoms with Gasteiger partial charge in [0.25, 0.3) is 0 Å². The van der Waals surface area contributed by atoms with Crippen molar-refractivity contribution in [3.63, 3.8) is 0 Å². The summed E-state index contributed by atoms with van der Waals surface area (Å²) in [5.74, 6) is 1.61. The van der Waals surface area contributed by atoms with E-state index in [1.54, 1.807) is 0 Å². The molecule has 0 amide bonds. The molecule has 5 aliphatic rings. The third-order valence-corrected chi connectivity index (χ3v) is 7.95. The molecule has 5 rings (SSSR count). The van der Waals surface area contributed by atoms with Crippen molar-refractivity contribution < 1.29 is 19.4 Å². The van der Waals surface area contributed by atoms with Gasteiger partial charge in [-0.1, -0.05) is 12.2 Å². The SMILES string of the molecule is C[N+]1(C)CCC23C4C=CC(O)C2OC2C(O)CCC(CC41)C23. The number of nitrogens with zero attached hydrogens (tertiary/aromatic N) is 1. The first-order chi connectivity index (χ1) is 10.4. The van der Waals surface area contributed by atoms with E-state index in [4.69, 9.17) is 4.74 Å². The Hall–Kier alpha value is -0.420. The van der Waals surface area contributed by atoms with Crippen LogP contribution in [0.25, 0.3) is 0 Å². The standard InChI is InChI=1S/C18H28NO3/c1-19(2)8-7-18-11-4-6-14(21)17(18)22-16-13(20)5-3-10(15(16)18)9-12(11)19/h4,6,10-17,20-21H,3,5,7-9H2,1-2H3/q+1. The van der Waals surface area contributed by atoms with Crippen LogP contribution in [0.4, 0.5) is 0 Å². The van der Waals surface area contributed by atoms with E-state index in [9.17, 15) is 10.2 Å². The number of ether oxygens (including phenoxy) is 1. The molecule has 2 heterocycles. The molecule has 0 aromatic carbocycles. The first-order valence-corrected chi connectivity index (χ1v) is 8.98. The summed E-state index contributed by atoms with van der Waals surface area (Å²) in [7, 11) is 4.74. The van der Waals surface area contributed by atoms with Crippen LogP contribution in [0.2, 0.25) is 0 Å². The molecule has 0 aromatic heterocycles. The fraction of sp³-hybridized carbons (Fsp3) is 0.889. The molecule has 0 radical (unpaired) electrons. The van der Waals surface area contributed by atoms with Crippen molar-refractivity contribution in [2.45, 2.75) is 56.1 Å². The van der Waals surface area contributed by atoms with E-state index in [1.165, 1.54) is 6.42 Å². The Balaban J connectivity index is 1.69. The molecule has 4 nitrogen and oxygen atoms in total. The molecular weight excluding hydrogens is 278 g/mol. The fourth-order valence-electron chi connectivity index (χ4n) is 7.02. The second kappa shape index (κ2) is 4.15. The average molecular weight is 306 g/mol. The van der Waals surface area contributed by atoms with Gasteiger partial charge in [-0.2, -0.15) is 0 Å². The minimum absolute atomic E-state index is 0.0459.